The Morgan fingerprint density at radius 1 is 1.10 bits per heavy atom. The SMILES string of the molecule is CC(C)C1=C2C3=CC=C(CNCCCNC(=O)OC(C)(C)C)C[C@H](O[C@@H]4OC[C@@H](O)[C@H](O)[C@H]4O)[C@]3(C)CC[C@@]2(C)CC1. The largest absolute Gasteiger partial charge is 0.444 e. The van der Waals surface area contributed by atoms with E-state index in [1.165, 1.54) is 28.7 Å². The number of hydrogen-bond acceptors (Lipinski definition) is 8. The average molecular weight is 591 g/mol. The van der Waals surface area contributed by atoms with Gasteiger partial charge in [0, 0.05) is 18.5 Å². The fourth-order valence-electron chi connectivity index (χ4n) is 7.03. The van der Waals surface area contributed by atoms with Gasteiger partial charge in [0.2, 0.25) is 0 Å². The van der Waals surface area contributed by atoms with E-state index in [1.807, 2.05) is 20.8 Å². The topological polar surface area (TPSA) is 130 Å². The molecule has 5 N–H and O–H groups in total. The fraction of sp³-hybridized carbons (Fsp3) is 0.788. The molecule has 0 bridgehead atoms. The molecule has 7 atom stereocenters. The number of carbonyl (C=O) groups is 1. The second kappa shape index (κ2) is 13.1. The highest BCUT2D eigenvalue weighted by molar-refractivity contribution is 5.67. The molecule has 0 aromatic rings. The first-order valence-electron chi connectivity index (χ1n) is 15.8. The molecule has 1 saturated heterocycles. The second-order valence-corrected chi connectivity index (χ2v) is 14.5. The van der Waals surface area contributed by atoms with Gasteiger partial charge in [0.05, 0.1) is 12.7 Å². The van der Waals surface area contributed by atoms with Crippen LogP contribution in [0.2, 0.25) is 0 Å². The van der Waals surface area contributed by atoms with Gasteiger partial charge in [-0.15, -0.1) is 0 Å². The first kappa shape index (κ1) is 33.1. The lowest BCUT2D eigenvalue weighted by atomic mass is 9.57. The van der Waals surface area contributed by atoms with E-state index in [2.05, 4.69) is 50.5 Å². The van der Waals surface area contributed by atoms with Crippen molar-refractivity contribution in [2.45, 2.75) is 123 Å². The van der Waals surface area contributed by atoms with Gasteiger partial charge >= 0.3 is 6.09 Å². The Hall–Kier alpha value is -1.75. The fourth-order valence-corrected chi connectivity index (χ4v) is 7.03. The molecule has 4 aliphatic rings. The molecule has 0 aromatic carbocycles. The summed E-state index contributed by atoms with van der Waals surface area (Å²) in [6.07, 6.45) is 4.74. The highest BCUT2D eigenvalue weighted by Crippen LogP contribution is 2.62. The van der Waals surface area contributed by atoms with Crippen LogP contribution in [0.3, 0.4) is 0 Å². The first-order valence-corrected chi connectivity index (χ1v) is 15.8. The van der Waals surface area contributed by atoms with Gasteiger partial charge in [-0.3, -0.25) is 0 Å². The highest BCUT2D eigenvalue weighted by atomic mass is 16.7. The molecule has 1 saturated carbocycles. The summed E-state index contributed by atoms with van der Waals surface area (Å²) in [4.78, 5) is 11.9. The summed E-state index contributed by atoms with van der Waals surface area (Å²) >= 11 is 0. The van der Waals surface area contributed by atoms with Crippen LogP contribution in [0.15, 0.2) is 34.4 Å². The molecule has 0 unspecified atom stereocenters. The predicted octanol–water partition coefficient (Wildman–Crippen LogP) is 4.12. The van der Waals surface area contributed by atoms with Gasteiger partial charge in [-0.05, 0) is 88.3 Å². The maximum atomic E-state index is 11.9. The molecule has 1 aliphatic heterocycles. The normalized spacial score (nSPS) is 35.3. The van der Waals surface area contributed by atoms with Crippen molar-refractivity contribution in [1.82, 2.24) is 10.6 Å². The average Bonchev–Trinajstić information content (AvgIpc) is 3.19. The number of alkyl carbamates (subject to hydrolysis) is 1. The van der Waals surface area contributed by atoms with Gasteiger partial charge in [0.1, 0.15) is 23.9 Å². The van der Waals surface area contributed by atoms with E-state index in [-0.39, 0.29) is 23.5 Å². The third-order valence-electron chi connectivity index (χ3n) is 9.60. The molecule has 42 heavy (non-hydrogen) atoms. The molecule has 0 spiro atoms. The van der Waals surface area contributed by atoms with Gasteiger partial charge in [0.25, 0.3) is 0 Å². The van der Waals surface area contributed by atoms with Crippen molar-refractivity contribution in [3.63, 3.8) is 0 Å². The number of rotatable bonds is 9. The smallest absolute Gasteiger partial charge is 0.407 e. The van der Waals surface area contributed by atoms with Crippen molar-refractivity contribution >= 4 is 6.09 Å². The molecular formula is C33H54N2O7. The summed E-state index contributed by atoms with van der Waals surface area (Å²) in [5.74, 6) is 0.465. The van der Waals surface area contributed by atoms with Crippen molar-refractivity contribution in [2.75, 3.05) is 26.2 Å². The summed E-state index contributed by atoms with van der Waals surface area (Å²) in [6, 6.07) is 0. The third kappa shape index (κ3) is 7.30. The maximum absolute atomic E-state index is 11.9. The Kier molecular flexibility index (Phi) is 10.3. The van der Waals surface area contributed by atoms with E-state index >= 15 is 0 Å². The minimum Gasteiger partial charge on any atom is -0.444 e. The Labute approximate surface area is 251 Å². The van der Waals surface area contributed by atoms with Crippen molar-refractivity contribution in [3.8, 4) is 0 Å². The number of allylic oxidation sites excluding steroid dienone is 4. The van der Waals surface area contributed by atoms with Crippen LogP contribution in [0.5, 0.6) is 0 Å². The Morgan fingerprint density at radius 2 is 1.83 bits per heavy atom. The van der Waals surface area contributed by atoms with Gasteiger partial charge in [-0.2, -0.15) is 0 Å². The molecule has 9 nitrogen and oxygen atoms in total. The summed E-state index contributed by atoms with van der Waals surface area (Å²) in [6.45, 7) is 16.6. The molecule has 238 valence electrons. The second-order valence-electron chi connectivity index (χ2n) is 14.5. The monoisotopic (exact) mass is 590 g/mol. The zero-order valence-electron chi connectivity index (χ0n) is 26.7. The van der Waals surface area contributed by atoms with E-state index in [4.69, 9.17) is 14.2 Å². The van der Waals surface area contributed by atoms with Crippen LogP contribution in [0.4, 0.5) is 4.79 Å². The standard InChI is InChI=1S/C33H54N2O7/c1-20(2)22-11-12-32(6)13-14-33(7)23(26(22)32)10-9-21(18-34-15-8-16-35-30(39)42-31(3,4)5)17-25(33)41-29-28(38)27(37)24(36)19-40-29/h9-10,20,24-25,27-29,34,36-38H,8,11-19H2,1-7H3,(H,35,39)/t24-,25+,27+,28-,29+,32-,33-/m1/s1. The predicted molar refractivity (Wildman–Crippen MR) is 162 cm³/mol. The number of aliphatic hydroxyl groups is 3. The highest BCUT2D eigenvalue weighted by Gasteiger charge is 2.53. The number of aliphatic hydroxyl groups excluding tert-OH is 3. The van der Waals surface area contributed by atoms with Gasteiger partial charge in [-0.1, -0.05) is 51.0 Å². The molecule has 3 aliphatic carbocycles. The zero-order chi connectivity index (χ0) is 30.9. The van der Waals surface area contributed by atoms with Crippen LogP contribution in [0.25, 0.3) is 0 Å². The van der Waals surface area contributed by atoms with E-state index in [9.17, 15) is 20.1 Å². The maximum Gasteiger partial charge on any atom is 0.407 e. The van der Waals surface area contributed by atoms with E-state index in [1.54, 1.807) is 0 Å². The van der Waals surface area contributed by atoms with E-state index in [0.717, 1.165) is 32.2 Å². The Morgan fingerprint density at radius 3 is 2.52 bits per heavy atom. The van der Waals surface area contributed by atoms with Gasteiger partial charge in [0.15, 0.2) is 6.29 Å². The Bertz CT molecular complexity index is 1080. The van der Waals surface area contributed by atoms with Gasteiger partial charge in [-0.25, -0.2) is 4.79 Å². The number of ether oxygens (including phenoxy) is 3. The molecule has 1 heterocycles. The van der Waals surface area contributed by atoms with Crippen molar-refractivity contribution in [1.29, 1.82) is 0 Å². The van der Waals surface area contributed by atoms with Crippen molar-refractivity contribution in [2.24, 2.45) is 16.7 Å². The molecule has 9 heteroatoms. The van der Waals surface area contributed by atoms with Crippen LogP contribution in [0, 0.1) is 16.7 Å². The number of hydrogen-bond donors (Lipinski definition) is 5. The lowest BCUT2D eigenvalue weighted by Crippen LogP contribution is -2.56. The number of fused-ring (bicyclic) bond motifs is 3. The number of amides is 1. The molecule has 4 rings (SSSR count). The minimum absolute atomic E-state index is 0.0860. The zero-order valence-corrected chi connectivity index (χ0v) is 26.7. The molecule has 1 amide bonds. The summed E-state index contributed by atoms with van der Waals surface area (Å²) in [5, 5.41) is 37.4. The van der Waals surface area contributed by atoms with Crippen molar-refractivity contribution in [3.05, 3.63) is 34.4 Å². The quantitative estimate of drug-likeness (QED) is 0.254. The first-order chi connectivity index (χ1) is 19.6. The molecule has 0 radical (unpaired) electrons. The van der Waals surface area contributed by atoms with Crippen LogP contribution in [-0.4, -0.2) is 84.0 Å². The molecular weight excluding hydrogens is 536 g/mol. The molecule has 2 fully saturated rings. The van der Waals surface area contributed by atoms with Crippen molar-refractivity contribution < 1.29 is 34.3 Å². The summed E-state index contributed by atoms with van der Waals surface area (Å²) in [7, 11) is 0. The Balaban J connectivity index is 1.51. The molecule has 0 aromatic heterocycles. The lowest BCUT2D eigenvalue weighted by Gasteiger charge is -2.50. The number of carbonyl (C=O) groups excluding carboxylic acids is 1. The van der Waals surface area contributed by atoms with E-state index in [0.29, 0.717) is 25.4 Å². The summed E-state index contributed by atoms with van der Waals surface area (Å²) < 4.78 is 17.6. The third-order valence-corrected chi connectivity index (χ3v) is 9.60. The van der Waals surface area contributed by atoms with Crippen LogP contribution in [0.1, 0.15) is 87.0 Å². The van der Waals surface area contributed by atoms with E-state index < -0.39 is 36.3 Å². The van der Waals surface area contributed by atoms with Crippen LogP contribution < -0.4 is 10.6 Å². The lowest BCUT2D eigenvalue weighted by molar-refractivity contribution is -0.291. The summed E-state index contributed by atoms with van der Waals surface area (Å²) in [5.41, 5.74) is 4.85. The van der Waals surface area contributed by atoms with Crippen LogP contribution in [-0.2, 0) is 14.2 Å². The minimum atomic E-state index is -1.33. The number of nitrogens with one attached hydrogen (secondary N) is 2. The van der Waals surface area contributed by atoms with Crippen LogP contribution >= 0.6 is 0 Å². The van der Waals surface area contributed by atoms with Gasteiger partial charge < -0.3 is 40.2 Å².